The van der Waals surface area contributed by atoms with Gasteiger partial charge in [0, 0.05) is 26.4 Å². The quantitative estimate of drug-likeness (QED) is 0.184. The predicted molar refractivity (Wildman–Crippen MR) is 126 cm³/mol. The smallest absolute Gasteiger partial charge is 0.185 e. The molecule has 0 aliphatic carbocycles. The molecular formula is C25H19NOS2. The van der Waals surface area contributed by atoms with Gasteiger partial charge in [0.2, 0.25) is 0 Å². The Morgan fingerprint density at radius 3 is 2.45 bits per heavy atom. The third kappa shape index (κ3) is 4.86. The average molecular weight is 414 g/mol. The van der Waals surface area contributed by atoms with Gasteiger partial charge < -0.3 is 0 Å². The number of ketones is 1. The molecule has 0 radical (unpaired) electrons. The second-order valence-corrected chi connectivity index (χ2v) is 8.60. The van der Waals surface area contributed by atoms with Crippen LogP contribution in [-0.2, 0) is 0 Å². The number of aryl methyl sites for hydroxylation is 1. The number of hydrogen-bond donors (Lipinski definition) is 0. The Kier molecular flexibility index (Phi) is 5.94. The van der Waals surface area contributed by atoms with E-state index in [2.05, 4.69) is 41.6 Å². The maximum Gasteiger partial charge on any atom is 0.185 e. The van der Waals surface area contributed by atoms with Gasteiger partial charge in [-0.05, 0) is 78.0 Å². The van der Waals surface area contributed by atoms with Crippen molar-refractivity contribution >= 4 is 46.4 Å². The summed E-state index contributed by atoms with van der Waals surface area (Å²) in [5.74, 6) is -0.00991. The number of allylic oxidation sites excluding steroid dienone is 1. The standard InChI is InChI=1S/C25H19NOS2/c1-18-15-16-28-25(18)17-26-21-9-7-19(8-10-21)23(27)13-11-22-12-14-24(29-22)20-5-3-2-4-6-20/h2-17H,1H3. The molecule has 2 heterocycles. The van der Waals surface area contributed by atoms with E-state index in [-0.39, 0.29) is 5.78 Å². The number of nitrogens with zero attached hydrogens (tertiary/aromatic N) is 1. The van der Waals surface area contributed by atoms with E-state index >= 15 is 0 Å². The lowest BCUT2D eigenvalue weighted by Crippen LogP contribution is -1.92. The zero-order valence-corrected chi connectivity index (χ0v) is 17.5. The van der Waals surface area contributed by atoms with Gasteiger partial charge in [-0.3, -0.25) is 9.79 Å². The molecule has 0 aliphatic heterocycles. The first-order chi connectivity index (χ1) is 14.2. The van der Waals surface area contributed by atoms with E-state index in [0.29, 0.717) is 5.56 Å². The molecule has 4 heteroatoms. The van der Waals surface area contributed by atoms with Crippen molar-refractivity contribution in [3.05, 3.63) is 105 Å². The topological polar surface area (TPSA) is 29.4 Å². The highest BCUT2D eigenvalue weighted by atomic mass is 32.1. The van der Waals surface area contributed by atoms with Crippen LogP contribution in [0.1, 0.15) is 25.7 Å². The Morgan fingerprint density at radius 2 is 1.72 bits per heavy atom. The van der Waals surface area contributed by atoms with Crippen LogP contribution in [0.15, 0.2) is 89.2 Å². The fraction of sp³-hybridized carbons (Fsp3) is 0.0400. The molecular weight excluding hydrogens is 394 g/mol. The molecule has 0 saturated carbocycles. The van der Waals surface area contributed by atoms with E-state index < -0.39 is 0 Å². The largest absolute Gasteiger partial charge is 0.289 e. The van der Waals surface area contributed by atoms with Crippen LogP contribution in [0.2, 0.25) is 0 Å². The second-order valence-electron chi connectivity index (χ2n) is 6.54. The molecule has 2 aromatic heterocycles. The summed E-state index contributed by atoms with van der Waals surface area (Å²) in [5.41, 5.74) is 3.91. The first-order valence-corrected chi connectivity index (χ1v) is 10.9. The minimum atomic E-state index is -0.00991. The lowest BCUT2D eigenvalue weighted by Gasteiger charge is -1.98. The highest BCUT2D eigenvalue weighted by Gasteiger charge is 2.04. The highest BCUT2D eigenvalue weighted by molar-refractivity contribution is 7.16. The highest BCUT2D eigenvalue weighted by Crippen LogP contribution is 2.28. The van der Waals surface area contributed by atoms with Gasteiger partial charge in [0.05, 0.1) is 5.69 Å². The van der Waals surface area contributed by atoms with Crippen LogP contribution in [0, 0.1) is 6.92 Å². The molecule has 0 N–H and O–H groups in total. The molecule has 0 spiro atoms. The number of carbonyl (C=O) groups is 1. The summed E-state index contributed by atoms with van der Waals surface area (Å²) in [6.07, 6.45) is 5.39. The van der Waals surface area contributed by atoms with E-state index in [1.54, 1.807) is 28.7 Å². The Morgan fingerprint density at radius 1 is 0.931 bits per heavy atom. The van der Waals surface area contributed by atoms with Crippen LogP contribution < -0.4 is 0 Å². The zero-order chi connectivity index (χ0) is 20.1. The van der Waals surface area contributed by atoms with Crippen molar-refractivity contribution in [2.24, 2.45) is 4.99 Å². The molecule has 4 rings (SSSR count). The Bertz CT molecular complexity index is 1170. The van der Waals surface area contributed by atoms with Crippen LogP contribution in [0.3, 0.4) is 0 Å². The first-order valence-electron chi connectivity index (χ1n) is 9.25. The van der Waals surface area contributed by atoms with E-state index in [9.17, 15) is 4.79 Å². The lowest BCUT2D eigenvalue weighted by molar-refractivity contribution is 0.104. The van der Waals surface area contributed by atoms with Crippen molar-refractivity contribution in [3.63, 3.8) is 0 Å². The van der Waals surface area contributed by atoms with Crippen LogP contribution >= 0.6 is 22.7 Å². The Balaban J connectivity index is 1.41. The fourth-order valence-corrected chi connectivity index (χ4v) is 4.52. The molecule has 0 aliphatic rings. The summed E-state index contributed by atoms with van der Waals surface area (Å²) < 4.78 is 0. The molecule has 0 atom stereocenters. The summed E-state index contributed by atoms with van der Waals surface area (Å²) in [7, 11) is 0. The minimum absolute atomic E-state index is 0.00991. The van der Waals surface area contributed by atoms with Crippen LogP contribution in [0.4, 0.5) is 5.69 Å². The maximum atomic E-state index is 12.5. The summed E-state index contributed by atoms with van der Waals surface area (Å²) in [5, 5.41) is 2.06. The van der Waals surface area contributed by atoms with E-state index in [1.807, 2.05) is 60.8 Å². The average Bonchev–Trinajstić information content (AvgIpc) is 3.40. The minimum Gasteiger partial charge on any atom is -0.289 e. The number of thiophene rings is 2. The Labute approximate surface area is 178 Å². The van der Waals surface area contributed by atoms with Gasteiger partial charge >= 0.3 is 0 Å². The second kappa shape index (κ2) is 8.95. The van der Waals surface area contributed by atoms with Crippen molar-refractivity contribution in [3.8, 4) is 10.4 Å². The summed E-state index contributed by atoms with van der Waals surface area (Å²) in [4.78, 5) is 20.4. The van der Waals surface area contributed by atoms with E-state index in [4.69, 9.17) is 0 Å². The monoisotopic (exact) mass is 413 g/mol. The molecule has 142 valence electrons. The molecule has 2 nitrogen and oxygen atoms in total. The number of aliphatic imine (C=N–C) groups is 1. The van der Waals surface area contributed by atoms with Crippen molar-refractivity contribution in [2.75, 3.05) is 0 Å². The van der Waals surface area contributed by atoms with Crippen molar-refractivity contribution in [1.29, 1.82) is 0 Å². The van der Waals surface area contributed by atoms with Crippen molar-refractivity contribution in [2.45, 2.75) is 6.92 Å². The van der Waals surface area contributed by atoms with Crippen molar-refractivity contribution < 1.29 is 4.79 Å². The Hall–Kier alpha value is -3.08. The van der Waals surface area contributed by atoms with Gasteiger partial charge in [0.15, 0.2) is 5.78 Å². The number of carbonyl (C=O) groups excluding carboxylic acids is 1. The van der Waals surface area contributed by atoms with Gasteiger partial charge in [0.25, 0.3) is 0 Å². The van der Waals surface area contributed by atoms with Gasteiger partial charge in [-0.2, -0.15) is 0 Å². The first kappa shape index (κ1) is 19.2. The molecule has 0 fully saturated rings. The third-order valence-corrected chi connectivity index (χ3v) is 6.52. The van der Waals surface area contributed by atoms with Crippen LogP contribution in [0.25, 0.3) is 16.5 Å². The molecule has 29 heavy (non-hydrogen) atoms. The normalized spacial score (nSPS) is 11.5. The fourth-order valence-electron chi connectivity index (χ4n) is 2.82. The van der Waals surface area contributed by atoms with E-state index in [0.717, 1.165) is 15.4 Å². The summed E-state index contributed by atoms with van der Waals surface area (Å²) >= 11 is 3.34. The zero-order valence-electron chi connectivity index (χ0n) is 15.9. The summed E-state index contributed by atoms with van der Waals surface area (Å²) in [6, 6.07) is 23.9. The van der Waals surface area contributed by atoms with Gasteiger partial charge in [-0.15, -0.1) is 22.7 Å². The van der Waals surface area contributed by atoms with Gasteiger partial charge in [-0.1, -0.05) is 30.3 Å². The molecule has 0 amide bonds. The molecule has 0 saturated heterocycles. The molecule has 4 aromatic rings. The summed E-state index contributed by atoms with van der Waals surface area (Å²) in [6.45, 7) is 2.07. The maximum absolute atomic E-state index is 12.5. The molecule has 0 unspecified atom stereocenters. The number of hydrogen-bond acceptors (Lipinski definition) is 4. The molecule has 0 bridgehead atoms. The van der Waals surface area contributed by atoms with Crippen LogP contribution in [-0.4, -0.2) is 12.0 Å². The predicted octanol–water partition coefficient (Wildman–Crippen LogP) is 7.43. The lowest BCUT2D eigenvalue weighted by atomic mass is 10.1. The SMILES string of the molecule is Cc1ccsc1C=Nc1ccc(C(=O)C=Cc2ccc(-c3ccccc3)s2)cc1. The number of rotatable bonds is 6. The van der Waals surface area contributed by atoms with Crippen LogP contribution in [0.5, 0.6) is 0 Å². The van der Waals surface area contributed by atoms with Crippen molar-refractivity contribution in [1.82, 2.24) is 0 Å². The number of benzene rings is 2. The molecule has 2 aromatic carbocycles. The third-order valence-electron chi connectivity index (χ3n) is 4.47. The van der Waals surface area contributed by atoms with Gasteiger partial charge in [0.1, 0.15) is 0 Å². The van der Waals surface area contributed by atoms with E-state index in [1.165, 1.54) is 16.0 Å². The van der Waals surface area contributed by atoms with Gasteiger partial charge in [-0.25, -0.2) is 0 Å².